The van der Waals surface area contributed by atoms with Crippen molar-refractivity contribution in [2.45, 2.75) is 57.5 Å². The van der Waals surface area contributed by atoms with Crippen LogP contribution in [0.1, 0.15) is 44.8 Å². The third-order valence-corrected chi connectivity index (χ3v) is 9.03. The molecule has 9 nitrogen and oxygen atoms in total. The number of nitrogens with zero attached hydrogens (tertiary/aromatic N) is 3. The molecule has 4 aromatic rings. The van der Waals surface area contributed by atoms with Crippen LogP contribution in [0.25, 0.3) is 22.3 Å². The molecule has 252 valence electrons. The number of hydrogen-bond acceptors (Lipinski definition) is 8. The molecule has 2 atom stereocenters. The highest BCUT2D eigenvalue weighted by molar-refractivity contribution is 5.76. The number of nitrogens with one attached hydrogen (secondary N) is 1. The molecule has 0 aliphatic carbocycles. The number of nitrogen functional groups attached to an aromatic ring is 1. The summed E-state index contributed by atoms with van der Waals surface area (Å²) in [6.45, 7) is 5.55. The second-order valence-electron chi connectivity index (χ2n) is 12.8. The lowest BCUT2D eigenvalue weighted by Crippen LogP contribution is -2.41. The van der Waals surface area contributed by atoms with Gasteiger partial charge in [-0.15, -0.1) is 0 Å². The Hall–Kier alpha value is -4.84. The Morgan fingerprint density at radius 1 is 0.958 bits per heavy atom. The van der Waals surface area contributed by atoms with Gasteiger partial charge in [0.25, 0.3) is 0 Å². The number of nitrogens with two attached hydrogens (primary N) is 1. The number of aromatic nitrogens is 2. The second kappa shape index (κ2) is 13.3. The topological polar surface area (TPSA) is 123 Å². The first-order valence-corrected chi connectivity index (χ1v) is 15.9. The summed E-state index contributed by atoms with van der Waals surface area (Å²) < 4.78 is 56.1. The van der Waals surface area contributed by atoms with Crippen LogP contribution in [0.15, 0.2) is 78.9 Å². The smallest absolute Gasteiger partial charge is 0.429 e. The molecule has 2 aliphatic heterocycles. The van der Waals surface area contributed by atoms with Crippen LogP contribution in [0.4, 0.5) is 24.9 Å². The van der Waals surface area contributed by atoms with Crippen LogP contribution in [0, 0.1) is 5.41 Å². The highest BCUT2D eigenvalue weighted by Gasteiger charge is 2.46. The number of piperidine rings is 1. The van der Waals surface area contributed by atoms with E-state index < -0.39 is 24.3 Å². The zero-order chi connectivity index (χ0) is 34.1. The van der Waals surface area contributed by atoms with Crippen molar-refractivity contribution >= 4 is 17.7 Å². The van der Waals surface area contributed by atoms with Gasteiger partial charge in [0.05, 0.1) is 6.10 Å². The average molecular weight is 662 g/mol. The highest BCUT2D eigenvalue weighted by atomic mass is 19.4. The second-order valence-corrected chi connectivity index (χ2v) is 12.8. The monoisotopic (exact) mass is 661 g/mol. The molecule has 1 aromatic heterocycles. The Labute approximate surface area is 276 Å². The summed E-state index contributed by atoms with van der Waals surface area (Å²) in [6.07, 6.45) is -5.20. The van der Waals surface area contributed by atoms with E-state index in [1.165, 1.54) is 12.1 Å². The average Bonchev–Trinajstić information content (AvgIpc) is 3.47. The number of carbonyl (C=O) groups is 1. The molecule has 0 saturated carbocycles. The molecule has 2 fully saturated rings. The number of rotatable bonds is 9. The fraction of sp³-hybridized carbons (Fsp3) is 0.361. The fourth-order valence-electron chi connectivity index (χ4n) is 6.59. The van der Waals surface area contributed by atoms with E-state index in [1.54, 1.807) is 42.5 Å². The maximum absolute atomic E-state index is 14.9. The molecule has 2 aliphatic rings. The van der Waals surface area contributed by atoms with E-state index in [-0.39, 0.29) is 28.9 Å². The van der Waals surface area contributed by atoms with E-state index in [0.717, 1.165) is 11.1 Å². The maximum Gasteiger partial charge on any atom is 0.429 e. The third-order valence-electron chi connectivity index (χ3n) is 9.03. The molecule has 48 heavy (non-hydrogen) atoms. The predicted octanol–water partition coefficient (Wildman–Crippen LogP) is 6.90. The van der Waals surface area contributed by atoms with Gasteiger partial charge >= 0.3 is 12.1 Å². The van der Waals surface area contributed by atoms with Gasteiger partial charge in [0.15, 0.2) is 0 Å². The number of halogens is 3. The van der Waals surface area contributed by atoms with E-state index in [1.807, 2.05) is 43.0 Å². The fourth-order valence-corrected chi connectivity index (χ4v) is 6.59. The third kappa shape index (κ3) is 7.33. The van der Waals surface area contributed by atoms with Crippen LogP contribution in [0.5, 0.6) is 11.6 Å². The van der Waals surface area contributed by atoms with Gasteiger partial charge in [0.1, 0.15) is 17.6 Å². The molecule has 2 saturated heterocycles. The van der Waals surface area contributed by atoms with Gasteiger partial charge in [-0.1, -0.05) is 54.6 Å². The summed E-state index contributed by atoms with van der Waals surface area (Å²) in [7, 11) is 0. The van der Waals surface area contributed by atoms with E-state index in [9.17, 15) is 23.1 Å². The summed E-state index contributed by atoms with van der Waals surface area (Å²) in [6, 6.07) is 21.9. The summed E-state index contributed by atoms with van der Waals surface area (Å²) in [5, 5.41) is 12.5. The Morgan fingerprint density at radius 2 is 1.65 bits per heavy atom. The van der Waals surface area contributed by atoms with Gasteiger partial charge in [0, 0.05) is 31.3 Å². The number of aliphatic carboxylic acids is 1. The Kier molecular flexibility index (Phi) is 9.20. The Morgan fingerprint density at radius 3 is 2.27 bits per heavy atom. The molecule has 12 heteroatoms. The number of benzene rings is 3. The van der Waals surface area contributed by atoms with Crippen LogP contribution in [-0.2, 0) is 4.79 Å². The molecule has 0 radical (unpaired) electrons. The van der Waals surface area contributed by atoms with Crippen molar-refractivity contribution in [3.05, 3.63) is 84.4 Å². The highest BCUT2D eigenvalue weighted by Crippen LogP contribution is 2.44. The van der Waals surface area contributed by atoms with Gasteiger partial charge in [-0.05, 0) is 79.0 Å². The van der Waals surface area contributed by atoms with Crippen molar-refractivity contribution in [2.75, 3.05) is 30.3 Å². The van der Waals surface area contributed by atoms with Gasteiger partial charge in [-0.25, -0.2) is 0 Å². The lowest BCUT2D eigenvalue weighted by Gasteiger charge is -2.39. The molecule has 1 spiro atoms. The maximum atomic E-state index is 14.9. The molecule has 3 aromatic carbocycles. The number of carboxylic acid groups (broad SMARTS) is 1. The number of anilines is 2. The van der Waals surface area contributed by atoms with Crippen LogP contribution in [0.2, 0.25) is 0 Å². The van der Waals surface area contributed by atoms with E-state index in [2.05, 4.69) is 15.3 Å². The largest absolute Gasteiger partial charge is 0.491 e. The number of hydrogen-bond donors (Lipinski definition) is 3. The van der Waals surface area contributed by atoms with Crippen LogP contribution < -0.4 is 25.4 Å². The van der Waals surface area contributed by atoms with E-state index in [0.29, 0.717) is 61.6 Å². The predicted molar refractivity (Wildman–Crippen MR) is 177 cm³/mol. The van der Waals surface area contributed by atoms with Crippen molar-refractivity contribution < 1.29 is 32.5 Å². The van der Waals surface area contributed by atoms with Crippen LogP contribution >= 0.6 is 0 Å². The van der Waals surface area contributed by atoms with Crippen molar-refractivity contribution in [3.63, 3.8) is 0 Å². The van der Waals surface area contributed by atoms with Crippen molar-refractivity contribution in [1.82, 2.24) is 15.3 Å². The lowest BCUT2D eigenvalue weighted by molar-refractivity contribution is -0.198. The molecule has 6 rings (SSSR count). The zero-order valence-electron chi connectivity index (χ0n) is 26.7. The van der Waals surface area contributed by atoms with Gasteiger partial charge in [-0.3, -0.25) is 4.79 Å². The van der Waals surface area contributed by atoms with Crippen molar-refractivity contribution in [1.29, 1.82) is 0 Å². The van der Waals surface area contributed by atoms with Crippen molar-refractivity contribution in [2.24, 2.45) is 5.41 Å². The Bertz CT molecular complexity index is 1740. The first-order chi connectivity index (χ1) is 22.9. The standard InChI is InChI=1S/C36H38F3N5O4/c1-22(2)47-26-11-8-23(9-12-26)25-10-13-27(28(18-25)24-6-4-3-5-7-24)32(36(37,38)39)48-31-19-30(42-34(40)43-31)44-16-14-35(15-17-44)20-29(33(45)46)41-21-35/h3-13,18-19,22,29,32,41H,14-17,20-21H2,1-2H3,(H,45,46)(H2,40,42,43)/t29?,32-/m1/s1. The molecule has 4 N–H and O–H groups in total. The summed E-state index contributed by atoms with van der Waals surface area (Å²) >= 11 is 0. The molecular formula is C36H38F3N5O4. The minimum absolute atomic E-state index is 0.00966. The molecule has 0 amide bonds. The first-order valence-electron chi connectivity index (χ1n) is 15.9. The number of alkyl halides is 3. The van der Waals surface area contributed by atoms with Crippen LogP contribution in [0.3, 0.4) is 0 Å². The Balaban J connectivity index is 1.29. The van der Waals surface area contributed by atoms with E-state index in [4.69, 9.17) is 15.2 Å². The van der Waals surface area contributed by atoms with Gasteiger partial charge in [0.2, 0.25) is 17.9 Å². The zero-order valence-corrected chi connectivity index (χ0v) is 26.7. The normalized spacial score (nSPS) is 18.2. The summed E-state index contributed by atoms with van der Waals surface area (Å²) in [4.78, 5) is 21.7. The molecule has 3 heterocycles. The molecule has 1 unspecified atom stereocenters. The SMILES string of the molecule is CC(C)Oc1ccc(-c2ccc([C@@H](Oc3cc(N4CCC5(CC4)CNC(C(=O)O)C5)nc(N)n3)C(F)(F)F)c(-c3ccccc3)c2)cc1. The minimum Gasteiger partial charge on any atom is -0.491 e. The number of carboxylic acids is 1. The first kappa shape index (κ1) is 33.1. The van der Waals surface area contributed by atoms with Gasteiger partial charge < -0.3 is 30.5 Å². The lowest BCUT2D eigenvalue weighted by atomic mass is 9.76. The van der Waals surface area contributed by atoms with Gasteiger partial charge in [-0.2, -0.15) is 23.1 Å². The quantitative estimate of drug-likeness (QED) is 0.176. The van der Waals surface area contributed by atoms with Crippen LogP contribution in [-0.4, -0.2) is 59.0 Å². The minimum atomic E-state index is -4.80. The molecular weight excluding hydrogens is 623 g/mol. The summed E-state index contributed by atoms with van der Waals surface area (Å²) in [5.74, 6) is -0.306. The van der Waals surface area contributed by atoms with E-state index >= 15 is 0 Å². The molecule has 0 bridgehead atoms. The number of ether oxygens (including phenoxy) is 2. The van der Waals surface area contributed by atoms with Crippen molar-refractivity contribution in [3.8, 4) is 33.9 Å². The summed E-state index contributed by atoms with van der Waals surface area (Å²) in [5.41, 5.74) is 8.31.